The summed E-state index contributed by atoms with van der Waals surface area (Å²) in [6, 6.07) is 11.2. The number of benzene rings is 1. The molecule has 0 amide bonds. The maximum Gasteiger partial charge on any atom is 0.0724 e. The Morgan fingerprint density at radius 1 is 1.18 bits per heavy atom. The van der Waals surface area contributed by atoms with Crippen molar-refractivity contribution < 1.29 is 4.74 Å². The van der Waals surface area contributed by atoms with Gasteiger partial charge in [0.1, 0.15) is 0 Å². The smallest absolute Gasteiger partial charge is 0.0724 e. The molecule has 1 fully saturated rings. The molecule has 0 heterocycles. The highest BCUT2D eigenvalue weighted by atomic mass is 16.5. The molecule has 1 N–H and O–H groups in total. The molecule has 0 radical (unpaired) electrons. The molecule has 1 aromatic carbocycles. The molecule has 2 heteroatoms. The van der Waals surface area contributed by atoms with Gasteiger partial charge in [-0.3, -0.25) is 0 Å². The Morgan fingerprint density at radius 2 is 1.94 bits per heavy atom. The Hall–Kier alpha value is -0.860. The van der Waals surface area contributed by atoms with Crippen LogP contribution in [0, 0.1) is 0 Å². The van der Waals surface area contributed by atoms with Crippen LogP contribution >= 0.6 is 0 Å². The van der Waals surface area contributed by atoms with E-state index in [0.717, 1.165) is 13.0 Å². The van der Waals surface area contributed by atoms with Crippen LogP contribution in [0.4, 0.5) is 0 Å². The van der Waals surface area contributed by atoms with Crippen LogP contribution in [0.5, 0.6) is 0 Å². The monoisotopic (exact) mass is 233 g/mol. The molecule has 0 bridgehead atoms. The third-order valence-electron chi connectivity index (χ3n) is 3.67. The van der Waals surface area contributed by atoms with Crippen molar-refractivity contribution in [3.05, 3.63) is 35.9 Å². The molecule has 0 unspecified atom stereocenters. The van der Waals surface area contributed by atoms with Crippen molar-refractivity contribution in [1.29, 1.82) is 0 Å². The minimum atomic E-state index is 0.416. The van der Waals surface area contributed by atoms with E-state index in [9.17, 15) is 0 Å². The van der Waals surface area contributed by atoms with Crippen molar-refractivity contribution >= 4 is 0 Å². The van der Waals surface area contributed by atoms with E-state index < -0.39 is 0 Å². The number of nitrogens with one attached hydrogen (secondary N) is 1. The highest BCUT2D eigenvalue weighted by Crippen LogP contribution is 2.20. The lowest BCUT2D eigenvalue weighted by Gasteiger charge is -2.31. The molecule has 1 saturated carbocycles. The van der Waals surface area contributed by atoms with Crippen molar-refractivity contribution in [2.75, 3.05) is 13.7 Å². The molecular weight excluding hydrogens is 210 g/mol. The third kappa shape index (κ3) is 3.83. The molecule has 0 saturated heterocycles. The zero-order valence-corrected chi connectivity index (χ0v) is 10.7. The topological polar surface area (TPSA) is 21.3 Å². The van der Waals surface area contributed by atoms with Gasteiger partial charge in [0.2, 0.25) is 0 Å². The van der Waals surface area contributed by atoms with Gasteiger partial charge in [-0.25, -0.2) is 0 Å². The second-order valence-corrected chi connectivity index (χ2v) is 4.85. The molecule has 2 atom stereocenters. The minimum Gasteiger partial charge on any atom is -0.380 e. The van der Waals surface area contributed by atoms with Crippen molar-refractivity contribution in [2.45, 2.75) is 44.2 Å². The molecule has 2 rings (SSSR count). The molecule has 2 nitrogen and oxygen atoms in total. The molecule has 1 aromatic rings. The van der Waals surface area contributed by atoms with Gasteiger partial charge in [-0.15, -0.1) is 0 Å². The van der Waals surface area contributed by atoms with Crippen LogP contribution < -0.4 is 5.32 Å². The van der Waals surface area contributed by atoms with Gasteiger partial charge in [-0.1, -0.05) is 43.2 Å². The Balaban J connectivity index is 1.74. The summed E-state index contributed by atoms with van der Waals surface area (Å²) in [6.45, 7) is 1.05. The fourth-order valence-corrected chi connectivity index (χ4v) is 2.66. The van der Waals surface area contributed by atoms with Gasteiger partial charge < -0.3 is 10.1 Å². The second-order valence-electron chi connectivity index (χ2n) is 4.85. The van der Waals surface area contributed by atoms with Crippen LogP contribution in [-0.2, 0) is 11.2 Å². The summed E-state index contributed by atoms with van der Waals surface area (Å²) in [7, 11) is 1.84. The lowest BCUT2D eigenvalue weighted by molar-refractivity contribution is 0.0421. The first kappa shape index (κ1) is 12.6. The quantitative estimate of drug-likeness (QED) is 0.844. The summed E-state index contributed by atoms with van der Waals surface area (Å²) >= 11 is 0. The van der Waals surface area contributed by atoms with E-state index in [2.05, 4.69) is 35.6 Å². The molecule has 94 valence electrons. The predicted molar refractivity (Wildman–Crippen MR) is 71.2 cm³/mol. The standard InChI is InChI=1S/C15H23NO/c1-17-15-10-6-5-9-14(15)16-12-11-13-7-3-2-4-8-13/h2-4,7-8,14-16H,5-6,9-12H2,1H3/t14-,15-/m1/s1. The maximum absolute atomic E-state index is 5.54. The van der Waals surface area contributed by atoms with Crippen LogP contribution in [0.1, 0.15) is 31.2 Å². The zero-order chi connectivity index (χ0) is 11.9. The molecule has 1 aliphatic rings. The van der Waals surface area contributed by atoms with Crippen LogP contribution in [0.2, 0.25) is 0 Å². The first-order valence-corrected chi connectivity index (χ1v) is 6.70. The fraction of sp³-hybridized carbons (Fsp3) is 0.600. The molecule has 0 aliphatic heterocycles. The first-order chi connectivity index (χ1) is 8.40. The summed E-state index contributed by atoms with van der Waals surface area (Å²) in [5.41, 5.74) is 1.41. The average molecular weight is 233 g/mol. The minimum absolute atomic E-state index is 0.416. The SMILES string of the molecule is CO[C@@H]1CCCC[C@H]1NCCc1ccccc1. The highest BCUT2D eigenvalue weighted by Gasteiger charge is 2.23. The van der Waals surface area contributed by atoms with E-state index in [1.54, 1.807) is 0 Å². The Morgan fingerprint density at radius 3 is 2.71 bits per heavy atom. The van der Waals surface area contributed by atoms with Crippen LogP contribution in [-0.4, -0.2) is 25.8 Å². The van der Waals surface area contributed by atoms with Gasteiger partial charge in [-0.2, -0.15) is 0 Å². The zero-order valence-electron chi connectivity index (χ0n) is 10.7. The Bertz CT molecular complexity index is 312. The van der Waals surface area contributed by atoms with Crippen LogP contribution in [0.15, 0.2) is 30.3 Å². The molecule has 0 spiro atoms. The number of hydrogen-bond acceptors (Lipinski definition) is 2. The van der Waals surface area contributed by atoms with Crippen molar-refractivity contribution in [3.8, 4) is 0 Å². The summed E-state index contributed by atoms with van der Waals surface area (Å²) in [4.78, 5) is 0. The summed E-state index contributed by atoms with van der Waals surface area (Å²) in [5.74, 6) is 0. The van der Waals surface area contributed by atoms with E-state index >= 15 is 0 Å². The molecular formula is C15H23NO. The van der Waals surface area contributed by atoms with Gasteiger partial charge in [0.15, 0.2) is 0 Å². The maximum atomic E-state index is 5.54. The lowest BCUT2D eigenvalue weighted by atomic mass is 9.92. The third-order valence-corrected chi connectivity index (χ3v) is 3.67. The van der Waals surface area contributed by atoms with Gasteiger partial charge in [-0.05, 0) is 31.4 Å². The Kier molecular flexibility index (Phi) is 5.02. The van der Waals surface area contributed by atoms with E-state index in [-0.39, 0.29) is 0 Å². The highest BCUT2D eigenvalue weighted by molar-refractivity contribution is 5.14. The van der Waals surface area contributed by atoms with Crippen molar-refractivity contribution in [3.63, 3.8) is 0 Å². The average Bonchev–Trinajstić information content (AvgIpc) is 2.40. The first-order valence-electron chi connectivity index (χ1n) is 6.70. The van der Waals surface area contributed by atoms with Gasteiger partial charge >= 0.3 is 0 Å². The van der Waals surface area contributed by atoms with Gasteiger partial charge in [0, 0.05) is 13.2 Å². The van der Waals surface area contributed by atoms with Crippen molar-refractivity contribution in [1.82, 2.24) is 5.32 Å². The van der Waals surface area contributed by atoms with Gasteiger partial charge in [0.25, 0.3) is 0 Å². The van der Waals surface area contributed by atoms with E-state index in [4.69, 9.17) is 4.74 Å². The summed E-state index contributed by atoms with van der Waals surface area (Å²) in [6.07, 6.45) is 6.64. The largest absolute Gasteiger partial charge is 0.380 e. The van der Waals surface area contributed by atoms with Gasteiger partial charge in [0.05, 0.1) is 6.10 Å². The number of ether oxygens (including phenoxy) is 1. The summed E-state index contributed by atoms with van der Waals surface area (Å²) in [5, 5.41) is 3.65. The van der Waals surface area contributed by atoms with E-state index in [1.807, 2.05) is 7.11 Å². The number of rotatable bonds is 5. The lowest BCUT2D eigenvalue weighted by Crippen LogP contribution is -2.43. The number of methoxy groups -OCH3 is 1. The van der Waals surface area contributed by atoms with Crippen LogP contribution in [0.3, 0.4) is 0 Å². The number of hydrogen-bond donors (Lipinski definition) is 1. The Labute approximate surface area is 104 Å². The predicted octanol–water partition coefficient (Wildman–Crippen LogP) is 2.78. The van der Waals surface area contributed by atoms with Crippen LogP contribution in [0.25, 0.3) is 0 Å². The van der Waals surface area contributed by atoms with Crippen molar-refractivity contribution in [2.24, 2.45) is 0 Å². The second kappa shape index (κ2) is 6.77. The molecule has 0 aromatic heterocycles. The molecule has 1 aliphatic carbocycles. The van der Waals surface area contributed by atoms with E-state index in [0.29, 0.717) is 12.1 Å². The van der Waals surface area contributed by atoms with E-state index in [1.165, 1.54) is 31.2 Å². The normalized spacial score (nSPS) is 24.8. The summed E-state index contributed by atoms with van der Waals surface area (Å²) < 4.78 is 5.54. The fourth-order valence-electron chi connectivity index (χ4n) is 2.66. The molecule has 17 heavy (non-hydrogen) atoms.